The highest BCUT2D eigenvalue weighted by atomic mass is 32.2. The molecular weight excluding hydrogens is 368 g/mol. The summed E-state index contributed by atoms with van der Waals surface area (Å²) < 4.78 is 1.03. The van der Waals surface area contributed by atoms with Crippen molar-refractivity contribution in [2.24, 2.45) is 0 Å². The summed E-state index contributed by atoms with van der Waals surface area (Å²) in [4.78, 5) is 30.1. The van der Waals surface area contributed by atoms with Crippen LogP contribution in [-0.2, 0) is 4.79 Å². The highest BCUT2D eigenvalue weighted by Crippen LogP contribution is 2.32. The number of benzene rings is 1. The maximum atomic E-state index is 12.8. The molecule has 3 aromatic rings. The van der Waals surface area contributed by atoms with E-state index >= 15 is 0 Å². The molecule has 6 nitrogen and oxygen atoms in total. The van der Waals surface area contributed by atoms with Crippen LogP contribution >= 0.6 is 23.1 Å². The number of amides is 1. The van der Waals surface area contributed by atoms with Crippen LogP contribution in [0.25, 0.3) is 21.3 Å². The Hall–Kier alpha value is -2.32. The number of nitrogen functional groups attached to an aromatic ring is 1. The zero-order chi connectivity index (χ0) is 18.8. The Morgan fingerprint density at radius 3 is 2.62 bits per heavy atom. The van der Waals surface area contributed by atoms with Crippen LogP contribution in [0.4, 0.5) is 0 Å². The minimum absolute atomic E-state index is 0.0479. The van der Waals surface area contributed by atoms with Gasteiger partial charge in [0.05, 0.1) is 10.6 Å². The third-order valence-corrected chi connectivity index (χ3v) is 5.71. The van der Waals surface area contributed by atoms with Crippen LogP contribution < -0.4 is 16.7 Å². The quantitative estimate of drug-likeness (QED) is 0.398. The number of fused-ring (bicyclic) bond motifs is 1. The first kappa shape index (κ1) is 18.5. The molecule has 1 atom stereocenters. The molecule has 0 saturated heterocycles. The van der Waals surface area contributed by atoms with Crippen LogP contribution in [0.1, 0.15) is 20.8 Å². The molecule has 0 aliphatic heterocycles. The van der Waals surface area contributed by atoms with Crippen LogP contribution in [0.5, 0.6) is 0 Å². The van der Waals surface area contributed by atoms with Crippen molar-refractivity contribution < 1.29 is 4.79 Å². The van der Waals surface area contributed by atoms with Crippen molar-refractivity contribution in [1.29, 1.82) is 0 Å². The smallest absolute Gasteiger partial charge is 0.282 e. The topological polar surface area (TPSA) is 90.0 Å². The molecule has 1 unspecified atom stereocenters. The average Bonchev–Trinajstić information content (AvgIpc) is 3.03. The van der Waals surface area contributed by atoms with Gasteiger partial charge in [0.25, 0.3) is 5.56 Å². The van der Waals surface area contributed by atoms with Crippen molar-refractivity contribution in [2.45, 2.75) is 37.2 Å². The molecule has 0 spiro atoms. The predicted molar refractivity (Wildman–Crippen MR) is 108 cm³/mol. The van der Waals surface area contributed by atoms with Gasteiger partial charge >= 0.3 is 0 Å². The van der Waals surface area contributed by atoms with E-state index in [1.54, 1.807) is 6.92 Å². The van der Waals surface area contributed by atoms with Gasteiger partial charge < -0.3 is 11.2 Å². The fourth-order valence-electron chi connectivity index (χ4n) is 2.51. The highest BCUT2D eigenvalue weighted by Gasteiger charge is 2.21. The first-order chi connectivity index (χ1) is 12.4. The normalized spacial score (nSPS) is 12.5. The fraction of sp³-hybridized carbons (Fsp3) is 0.278. The second-order valence-corrected chi connectivity index (χ2v) is 8.35. The van der Waals surface area contributed by atoms with Gasteiger partial charge in [-0.25, -0.2) is 9.66 Å². The lowest BCUT2D eigenvalue weighted by Gasteiger charge is -2.15. The van der Waals surface area contributed by atoms with Gasteiger partial charge in [-0.3, -0.25) is 9.59 Å². The number of hydrogen-bond donors (Lipinski definition) is 2. The zero-order valence-corrected chi connectivity index (χ0v) is 16.4. The summed E-state index contributed by atoms with van der Waals surface area (Å²) in [5.74, 6) is 5.88. The molecule has 0 bridgehead atoms. The number of hydrogen-bond acceptors (Lipinski definition) is 6. The monoisotopic (exact) mass is 388 g/mol. The summed E-state index contributed by atoms with van der Waals surface area (Å²) in [6.45, 7) is 5.56. The Balaban J connectivity index is 1.99. The number of carbonyl (C=O) groups excluding carboxylic acids is 1. The van der Waals surface area contributed by atoms with E-state index in [4.69, 9.17) is 5.84 Å². The summed E-state index contributed by atoms with van der Waals surface area (Å²) in [5, 5.41) is 5.18. The third-order valence-electron chi connectivity index (χ3n) is 3.77. The molecule has 1 amide bonds. The summed E-state index contributed by atoms with van der Waals surface area (Å²) >= 11 is 2.57. The Bertz CT molecular complexity index is 996. The van der Waals surface area contributed by atoms with Crippen LogP contribution in [0.3, 0.4) is 0 Å². The fourth-order valence-corrected chi connectivity index (χ4v) is 4.34. The molecule has 3 N–H and O–H groups in total. The van der Waals surface area contributed by atoms with Gasteiger partial charge in [0, 0.05) is 17.0 Å². The molecular formula is C18H20N4O2S2. The lowest BCUT2D eigenvalue weighted by Crippen LogP contribution is -2.37. The summed E-state index contributed by atoms with van der Waals surface area (Å²) in [5.41, 5.74) is 1.46. The number of nitrogens with two attached hydrogens (primary N) is 1. The molecule has 136 valence electrons. The maximum absolute atomic E-state index is 12.8. The van der Waals surface area contributed by atoms with Crippen molar-refractivity contribution in [3.05, 3.63) is 46.1 Å². The van der Waals surface area contributed by atoms with Gasteiger partial charge in [0.2, 0.25) is 5.91 Å². The molecule has 0 radical (unpaired) electrons. The number of nitrogens with zero attached hydrogens (tertiary/aromatic N) is 2. The number of thioether (sulfide) groups is 1. The molecule has 1 aromatic carbocycles. The van der Waals surface area contributed by atoms with Crippen molar-refractivity contribution in [3.63, 3.8) is 0 Å². The van der Waals surface area contributed by atoms with Crippen molar-refractivity contribution in [1.82, 2.24) is 15.0 Å². The summed E-state index contributed by atoms with van der Waals surface area (Å²) in [6.07, 6.45) is 0. The first-order valence-electron chi connectivity index (χ1n) is 8.20. The van der Waals surface area contributed by atoms with Crippen LogP contribution in [-0.4, -0.2) is 26.9 Å². The molecule has 3 rings (SSSR count). The Labute approximate surface area is 159 Å². The van der Waals surface area contributed by atoms with E-state index in [-0.39, 0.29) is 17.5 Å². The highest BCUT2D eigenvalue weighted by molar-refractivity contribution is 8.00. The van der Waals surface area contributed by atoms with Crippen molar-refractivity contribution in [3.8, 4) is 11.1 Å². The van der Waals surface area contributed by atoms with Crippen LogP contribution in [0.15, 0.2) is 45.7 Å². The van der Waals surface area contributed by atoms with Gasteiger partial charge in [-0.15, -0.1) is 11.3 Å². The number of aromatic nitrogens is 2. The van der Waals surface area contributed by atoms with Crippen LogP contribution in [0.2, 0.25) is 0 Å². The minimum atomic E-state index is -0.412. The zero-order valence-electron chi connectivity index (χ0n) is 14.7. The molecule has 26 heavy (non-hydrogen) atoms. The van der Waals surface area contributed by atoms with Gasteiger partial charge in [-0.05, 0) is 26.3 Å². The van der Waals surface area contributed by atoms with E-state index in [9.17, 15) is 9.59 Å². The van der Waals surface area contributed by atoms with E-state index in [1.807, 2.05) is 49.6 Å². The van der Waals surface area contributed by atoms with Gasteiger partial charge in [0.15, 0.2) is 5.16 Å². The number of nitrogens with one attached hydrogen (secondary N) is 1. The molecule has 2 heterocycles. The van der Waals surface area contributed by atoms with Gasteiger partial charge in [-0.1, -0.05) is 42.1 Å². The van der Waals surface area contributed by atoms with Crippen molar-refractivity contribution >= 4 is 39.2 Å². The van der Waals surface area contributed by atoms with Crippen LogP contribution in [0, 0.1) is 0 Å². The molecule has 0 saturated carbocycles. The molecule has 0 aliphatic rings. The number of thiophene rings is 1. The first-order valence-corrected chi connectivity index (χ1v) is 9.96. The van der Waals surface area contributed by atoms with E-state index < -0.39 is 5.25 Å². The third kappa shape index (κ3) is 3.61. The van der Waals surface area contributed by atoms with Crippen molar-refractivity contribution in [2.75, 3.05) is 5.84 Å². The number of rotatable bonds is 5. The second-order valence-electron chi connectivity index (χ2n) is 6.19. The second kappa shape index (κ2) is 7.51. The van der Waals surface area contributed by atoms with E-state index in [0.717, 1.165) is 15.8 Å². The molecule has 2 aromatic heterocycles. The lowest BCUT2D eigenvalue weighted by molar-refractivity contribution is -0.120. The van der Waals surface area contributed by atoms with E-state index in [0.29, 0.717) is 15.4 Å². The Kier molecular flexibility index (Phi) is 5.33. The molecule has 0 fully saturated rings. The lowest BCUT2D eigenvalue weighted by atomic mass is 10.1. The maximum Gasteiger partial charge on any atom is 0.282 e. The molecule has 8 heteroatoms. The minimum Gasteiger partial charge on any atom is -0.353 e. The Morgan fingerprint density at radius 2 is 1.96 bits per heavy atom. The largest absolute Gasteiger partial charge is 0.353 e. The standard InChI is InChI=1S/C18H20N4O2S2/c1-10(2)20-15(23)11(3)26-18-21-16-14(17(24)22(18)19)13(9-25-16)12-7-5-4-6-8-12/h4-11H,19H2,1-3H3,(H,20,23). The van der Waals surface area contributed by atoms with Gasteiger partial charge in [-0.2, -0.15) is 0 Å². The van der Waals surface area contributed by atoms with E-state index in [1.165, 1.54) is 23.1 Å². The summed E-state index contributed by atoms with van der Waals surface area (Å²) in [6, 6.07) is 9.71. The van der Waals surface area contributed by atoms with E-state index in [2.05, 4.69) is 10.3 Å². The Morgan fingerprint density at radius 1 is 1.27 bits per heavy atom. The predicted octanol–water partition coefficient (Wildman–Crippen LogP) is 2.84. The summed E-state index contributed by atoms with van der Waals surface area (Å²) in [7, 11) is 0. The molecule has 0 aliphatic carbocycles. The average molecular weight is 389 g/mol. The number of carbonyl (C=O) groups is 1. The SMILES string of the molecule is CC(C)NC(=O)C(C)Sc1nc2scc(-c3ccccc3)c2c(=O)n1N. The van der Waals surface area contributed by atoms with Gasteiger partial charge in [0.1, 0.15) is 4.83 Å².